The van der Waals surface area contributed by atoms with E-state index in [1.54, 1.807) is 16.2 Å². The zero-order valence-electron chi connectivity index (χ0n) is 12.7. The maximum absolute atomic E-state index is 12.2. The van der Waals surface area contributed by atoms with E-state index in [9.17, 15) is 9.59 Å². The van der Waals surface area contributed by atoms with Gasteiger partial charge in [-0.15, -0.1) is 11.3 Å². The van der Waals surface area contributed by atoms with Crippen molar-refractivity contribution in [2.45, 2.75) is 32.9 Å². The van der Waals surface area contributed by atoms with Gasteiger partial charge in [0.2, 0.25) is 11.8 Å². The van der Waals surface area contributed by atoms with Crippen molar-refractivity contribution < 1.29 is 9.59 Å². The maximum Gasteiger partial charge on any atom is 0.225 e. The van der Waals surface area contributed by atoms with Crippen LogP contribution in [0.25, 0.3) is 10.2 Å². The fraction of sp³-hybridized carbons (Fsp3) is 0.438. The van der Waals surface area contributed by atoms with Crippen molar-refractivity contribution in [1.82, 2.24) is 15.2 Å². The van der Waals surface area contributed by atoms with Crippen LogP contribution in [0.1, 0.15) is 25.3 Å². The van der Waals surface area contributed by atoms with E-state index in [0.717, 1.165) is 15.2 Å². The highest BCUT2D eigenvalue weighted by molar-refractivity contribution is 7.18. The molecule has 2 heterocycles. The van der Waals surface area contributed by atoms with E-state index in [1.165, 1.54) is 0 Å². The lowest BCUT2D eigenvalue weighted by Gasteiger charge is -2.20. The minimum Gasteiger partial charge on any atom is -0.349 e. The molecule has 0 radical (unpaired) electrons. The molecular formula is C16H19N3O2S. The quantitative estimate of drug-likeness (QED) is 0.940. The van der Waals surface area contributed by atoms with Gasteiger partial charge in [-0.2, -0.15) is 0 Å². The predicted octanol–water partition coefficient (Wildman–Crippen LogP) is 2.17. The highest BCUT2D eigenvalue weighted by Gasteiger charge is 2.35. The van der Waals surface area contributed by atoms with Crippen LogP contribution in [0.15, 0.2) is 24.3 Å². The smallest absolute Gasteiger partial charge is 0.225 e. The Balaban J connectivity index is 1.59. The number of nitrogens with one attached hydrogen (secondary N) is 1. The molecule has 2 amide bonds. The number of thiazole rings is 1. The van der Waals surface area contributed by atoms with E-state index in [-0.39, 0.29) is 23.8 Å². The molecule has 5 nitrogen and oxygen atoms in total. The molecular weight excluding hydrogens is 298 g/mol. The van der Waals surface area contributed by atoms with Crippen LogP contribution < -0.4 is 5.32 Å². The number of hydrogen-bond acceptors (Lipinski definition) is 4. The first-order chi connectivity index (χ1) is 10.5. The normalized spacial score (nSPS) is 18.4. The van der Waals surface area contributed by atoms with Crippen LogP contribution in [-0.4, -0.2) is 34.3 Å². The summed E-state index contributed by atoms with van der Waals surface area (Å²) in [6.07, 6.45) is 0.309. The first-order valence-electron chi connectivity index (χ1n) is 7.46. The van der Waals surface area contributed by atoms with Gasteiger partial charge in [0.15, 0.2) is 0 Å². The van der Waals surface area contributed by atoms with Crippen molar-refractivity contribution in [2.24, 2.45) is 5.92 Å². The molecule has 2 aromatic rings. The van der Waals surface area contributed by atoms with E-state index in [4.69, 9.17) is 0 Å². The molecule has 0 saturated carbocycles. The number of nitrogens with zero attached hydrogens (tertiary/aromatic N) is 2. The molecule has 1 atom stereocenters. The van der Waals surface area contributed by atoms with Crippen molar-refractivity contribution in [1.29, 1.82) is 0 Å². The maximum atomic E-state index is 12.2. The second-order valence-corrected chi connectivity index (χ2v) is 6.95. The average molecular weight is 317 g/mol. The second kappa shape index (κ2) is 6.04. The zero-order valence-corrected chi connectivity index (χ0v) is 13.5. The first kappa shape index (κ1) is 15.0. The molecule has 0 spiro atoms. The van der Waals surface area contributed by atoms with Crippen molar-refractivity contribution in [2.75, 3.05) is 6.54 Å². The Hall–Kier alpha value is -1.95. The molecule has 1 N–H and O–H groups in total. The highest BCUT2D eigenvalue weighted by Crippen LogP contribution is 2.22. The third-order valence-corrected chi connectivity index (χ3v) is 4.94. The summed E-state index contributed by atoms with van der Waals surface area (Å²) < 4.78 is 1.12. The van der Waals surface area contributed by atoms with Gasteiger partial charge in [0.1, 0.15) is 5.01 Å². The molecule has 22 heavy (non-hydrogen) atoms. The van der Waals surface area contributed by atoms with Crippen molar-refractivity contribution in [3.8, 4) is 0 Å². The Bertz CT molecular complexity index is 677. The summed E-state index contributed by atoms with van der Waals surface area (Å²) in [4.78, 5) is 30.4. The molecule has 3 rings (SSSR count). The van der Waals surface area contributed by atoms with E-state index < -0.39 is 0 Å². The SMILES string of the molecule is CC(C)N1C[C@H](C(=O)NCc2nc3ccccc3s2)CC1=O. The molecule has 116 valence electrons. The lowest BCUT2D eigenvalue weighted by molar-refractivity contribution is -0.129. The topological polar surface area (TPSA) is 62.3 Å². The lowest BCUT2D eigenvalue weighted by atomic mass is 10.1. The number of benzene rings is 1. The molecule has 6 heteroatoms. The van der Waals surface area contributed by atoms with Crippen LogP contribution in [0, 0.1) is 5.92 Å². The van der Waals surface area contributed by atoms with Gasteiger partial charge < -0.3 is 10.2 Å². The molecule has 0 aliphatic carbocycles. The number of aromatic nitrogens is 1. The van der Waals surface area contributed by atoms with E-state index in [0.29, 0.717) is 19.5 Å². The molecule has 1 aromatic heterocycles. The molecule has 1 saturated heterocycles. The van der Waals surface area contributed by atoms with Gasteiger partial charge >= 0.3 is 0 Å². The summed E-state index contributed by atoms with van der Waals surface area (Å²) in [5.41, 5.74) is 0.957. The van der Waals surface area contributed by atoms with Crippen LogP contribution in [0.2, 0.25) is 0 Å². The largest absolute Gasteiger partial charge is 0.349 e. The third kappa shape index (κ3) is 2.97. The Labute approximate surface area is 133 Å². The van der Waals surface area contributed by atoms with Gasteiger partial charge in [-0.3, -0.25) is 9.59 Å². The van der Waals surface area contributed by atoms with Crippen molar-refractivity contribution in [3.63, 3.8) is 0 Å². The monoisotopic (exact) mass is 317 g/mol. The van der Waals surface area contributed by atoms with Crippen LogP contribution >= 0.6 is 11.3 Å². The summed E-state index contributed by atoms with van der Waals surface area (Å²) in [5.74, 6) is -0.241. The number of para-hydroxylation sites is 1. The van der Waals surface area contributed by atoms with Crippen LogP contribution in [0.5, 0.6) is 0 Å². The summed E-state index contributed by atoms with van der Waals surface area (Å²) in [5, 5.41) is 3.80. The summed E-state index contributed by atoms with van der Waals surface area (Å²) in [6, 6.07) is 8.07. The molecule has 1 aliphatic heterocycles. The van der Waals surface area contributed by atoms with E-state index in [2.05, 4.69) is 10.3 Å². The van der Waals surface area contributed by atoms with Gasteiger partial charge in [-0.05, 0) is 26.0 Å². The number of hydrogen-bond donors (Lipinski definition) is 1. The number of rotatable bonds is 4. The minimum atomic E-state index is -0.246. The predicted molar refractivity (Wildman–Crippen MR) is 86.4 cm³/mol. The Kier molecular flexibility index (Phi) is 4.11. The number of fused-ring (bicyclic) bond motifs is 1. The molecule has 1 aromatic carbocycles. The third-order valence-electron chi connectivity index (χ3n) is 3.90. The van der Waals surface area contributed by atoms with Crippen molar-refractivity contribution >= 4 is 33.4 Å². The Morgan fingerprint density at radius 3 is 2.91 bits per heavy atom. The second-order valence-electron chi connectivity index (χ2n) is 5.83. The van der Waals surface area contributed by atoms with Crippen LogP contribution in [-0.2, 0) is 16.1 Å². The standard InChI is InChI=1S/C16H19N3O2S/c1-10(2)19-9-11(7-15(19)20)16(21)17-8-14-18-12-5-3-4-6-13(12)22-14/h3-6,10-11H,7-9H2,1-2H3,(H,17,21)/t11-/m1/s1. The average Bonchev–Trinajstić information content (AvgIpc) is 3.07. The first-order valence-corrected chi connectivity index (χ1v) is 8.28. The van der Waals surface area contributed by atoms with E-state index >= 15 is 0 Å². The highest BCUT2D eigenvalue weighted by atomic mass is 32.1. The van der Waals surface area contributed by atoms with Crippen molar-refractivity contribution in [3.05, 3.63) is 29.3 Å². The number of amides is 2. The molecule has 0 bridgehead atoms. The van der Waals surface area contributed by atoms with Gasteiger partial charge in [0.05, 0.1) is 22.7 Å². The summed E-state index contributed by atoms with van der Waals surface area (Å²) >= 11 is 1.58. The zero-order chi connectivity index (χ0) is 15.7. The van der Waals surface area contributed by atoms with Gasteiger partial charge in [0.25, 0.3) is 0 Å². The van der Waals surface area contributed by atoms with Crippen LogP contribution in [0.4, 0.5) is 0 Å². The lowest BCUT2D eigenvalue weighted by Crippen LogP contribution is -2.35. The summed E-state index contributed by atoms with van der Waals surface area (Å²) in [7, 11) is 0. The molecule has 1 fully saturated rings. The minimum absolute atomic E-state index is 0.0595. The van der Waals surface area contributed by atoms with Gasteiger partial charge in [0, 0.05) is 19.0 Å². The Morgan fingerprint density at radius 2 is 2.23 bits per heavy atom. The van der Waals surface area contributed by atoms with Crippen LogP contribution in [0.3, 0.4) is 0 Å². The van der Waals surface area contributed by atoms with Gasteiger partial charge in [-0.25, -0.2) is 4.98 Å². The van der Waals surface area contributed by atoms with E-state index in [1.807, 2.05) is 38.1 Å². The fourth-order valence-electron chi connectivity index (χ4n) is 2.71. The summed E-state index contributed by atoms with van der Waals surface area (Å²) in [6.45, 7) is 4.88. The number of carbonyl (C=O) groups is 2. The molecule has 1 aliphatic rings. The number of likely N-dealkylation sites (tertiary alicyclic amines) is 1. The fourth-order valence-corrected chi connectivity index (χ4v) is 3.62. The molecule has 0 unspecified atom stereocenters. The number of carbonyl (C=O) groups excluding carboxylic acids is 2. The van der Waals surface area contributed by atoms with Gasteiger partial charge in [-0.1, -0.05) is 12.1 Å². The Morgan fingerprint density at radius 1 is 1.45 bits per heavy atom.